The number of thiazole rings is 1. The average Bonchev–Trinajstić information content (AvgIpc) is 3.54. The zero-order chi connectivity index (χ0) is 24.1. The zero-order valence-corrected chi connectivity index (χ0v) is 20.3. The van der Waals surface area contributed by atoms with Crippen molar-refractivity contribution in [1.82, 2.24) is 14.5 Å². The van der Waals surface area contributed by atoms with Gasteiger partial charge in [0.2, 0.25) is 5.75 Å². The molecule has 0 aliphatic heterocycles. The molecule has 0 bridgehead atoms. The normalized spacial score (nSPS) is 10.8. The highest BCUT2D eigenvalue weighted by Crippen LogP contribution is 2.40. The Kier molecular flexibility index (Phi) is 7.17. The van der Waals surface area contributed by atoms with Crippen LogP contribution in [0.5, 0.6) is 23.0 Å². The van der Waals surface area contributed by atoms with Gasteiger partial charge in [-0.2, -0.15) is 0 Å². The molecular weight excluding hydrogens is 456 g/mol. The Morgan fingerprint density at radius 2 is 1.76 bits per heavy atom. The fourth-order valence-corrected chi connectivity index (χ4v) is 4.67. The first-order chi connectivity index (χ1) is 16.6. The topological polar surface area (TPSA) is 87.9 Å². The van der Waals surface area contributed by atoms with Crippen LogP contribution >= 0.6 is 11.3 Å². The summed E-state index contributed by atoms with van der Waals surface area (Å²) in [5.41, 5.74) is 1.13. The molecule has 0 atom stereocenters. The third kappa shape index (κ3) is 4.62. The maximum absolute atomic E-state index is 13.8. The molecule has 0 saturated heterocycles. The molecule has 4 rings (SSSR count). The van der Waals surface area contributed by atoms with E-state index in [-0.39, 0.29) is 5.91 Å². The smallest absolute Gasteiger partial charge is 0.260 e. The molecule has 178 valence electrons. The molecule has 0 aliphatic carbocycles. The van der Waals surface area contributed by atoms with Gasteiger partial charge in [0.25, 0.3) is 5.91 Å². The van der Waals surface area contributed by atoms with Crippen LogP contribution in [0.4, 0.5) is 5.13 Å². The molecule has 2 aromatic carbocycles. The number of carbonyl (C=O) groups is 1. The summed E-state index contributed by atoms with van der Waals surface area (Å²) >= 11 is 1.44. The lowest BCUT2D eigenvalue weighted by Gasteiger charge is -2.21. The van der Waals surface area contributed by atoms with Crippen LogP contribution < -0.4 is 23.8 Å². The highest BCUT2D eigenvalue weighted by atomic mass is 32.1. The second kappa shape index (κ2) is 10.4. The number of aryl methyl sites for hydroxylation is 1. The van der Waals surface area contributed by atoms with E-state index in [1.54, 1.807) is 36.7 Å². The molecule has 0 N–H and O–H groups in total. The maximum Gasteiger partial charge on any atom is 0.260 e. The fourth-order valence-electron chi connectivity index (χ4n) is 3.67. The van der Waals surface area contributed by atoms with Crippen LogP contribution in [0.3, 0.4) is 0 Å². The summed E-state index contributed by atoms with van der Waals surface area (Å²) in [5, 5.41) is 0.587. The van der Waals surface area contributed by atoms with Crippen molar-refractivity contribution in [3.63, 3.8) is 0 Å². The highest BCUT2D eigenvalue weighted by Gasteiger charge is 2.25. The van der Waals surface area contributed by atoms with Gasteiger partial charge in [-0.15, -0.1) is 0 Å². The van der Waals surface area contributed by atoms with Gasteiger partial charge in [-0.3, -0.25) is 9.69 Å². The minimum absolute atomic E-state index is 0.220. The number of hydrogen-bond acceptors (Lipinski definition) is 8. The molecule has 4 aromatic rings. The molecule has 0 aliphatic rings. The standard InChI is InChI=1S/C24H26N4O5S/c1-30-17-7-5-8-20-21(17)26-24(34-20)28(11-6-10-27-12-9-25-15-27)23(29)16-13-18(31-2)22(33-4)19(14-16)32-3/h5,7-9,12-15H,6,10-11H2,1-4H3. The second-order valence-electron chi connectivity index (χ2n) is 7.33. The van der Waals surface area contributed by atoms with Crippen molar-refractivity contribution in [3.8, 4) is 23.0 Å². The van der Waals surface area contributed by atoms with Gasteiger partial charge in [0.1, 0.15) is 11.3 Å². The number of imidazole rings is 1. The van der Waals surface area contributed by atoms with Gasteiger partial charge < -0.3 is 23.5 Å². The number of ether oxygens (including phenoxy) is 4. The lowest BCUT2D eigenvalue weighted by atomic mass is 10.1. The fraction of sp³-hybridized carbons (Fsp3) is 0.292. The van der Waals surface area contributed by atoms with Crippen molar-refractivity contribution in [2.75, 3.05) is 39.9 Å². The molecule has 2 aromatic heterocycles. The average molecular weight is 483 g/mol. The number of carbonyl (C=O) groups excluding carboxylic acids is 1. The summed E-state index contributed by atoms with van der Waals surface area (Å²) in [6.07, 6.45) is 6.10. The number of aromatic nitrogens is 3. The summed E-state index contributed by atoms with van der Waals surface area (Å²) in [6.45, 7) is 1.17. The molecular formula is C24H26N4O5S. The van der Waals surface area contributed by atoms with Gasteiger partial charge in [-0.05, 0) is 30.7 Å². The number of methoxy groups -OCH3 is 4. The predicted molar refractivity (Wildman–Crippen MR) is 131 cm³/mol. The van der Waals surface area contributed by atoms with E-state index in [2.05, 4.69) is 4.98 Å². The number of benzene rings is 2. The van der Waals surface area contributed by atoms with Crippen molar-refractivity contribution in [2.45, 2.75) is 13.0 Å². The highest BCUT2D eigenvalue weighted by molar-refractivity contribution is 7.22. The van der Waals surface area contributed by atoms with Crippen LogP contribution in [0.15, 0.2) is 49.1 Å². The van der Waals surface area contributed by atoms with Crippen LogP contribution in [0.25, 0.3) is 10.2 Å². The number of nitrogens with zero attached hydrogens (tertiary/aromatic N) is 4. The molecule has 0 spiro atoms. The quantitative estimate of drug-likeness (QED) is 0.334. The molecule has 0 fully saturated rings. The maximum atomic E-state index is 13.8. The SMILES string of the molecule is COc1cc(C(=O)N(CCCn2ccnc2)c2nc3c(OC)cccc3s2)cc(OC)c1OC. The number of fused-ring (bicyclic) bond motifs is 1. The van der Waals surface area contributed by atoms with Crippen molar-refractivity contribution in [2.24, 2.45) is 0 Å². The Morgan fingerprint density at radius 3 is 2.38 bits per heavy atom. The van der Waals surface area contributed by atoms with Crippen LogP contribution in [0.2, 0.25) is 0 Å². The molecule has 0 unspecified atom stereocenters. The van der Waals surface area contributed by atoms with E-state index >= 15 is 0 Å². The summed E-state index contributed by atoms with van der Waals surface area (Å²) in [7, 11) is 6.18. The molecule has 1 amide bonds. The number of amides is 1. The zero-order valence-electron chi connectivity index (χ0n) is 19.5. The Balaban J connectivity index is 1.72. The van der Waals surface area contributed by atoms with Gasteiger partial charge >= 0.3 is 0 Å². The van der Waals surface area contributed by atoms with Gasteiger partial charge in [-0.1, -0.05) is 17.4 Å². The van der Waals surface area contributed by atoms with Crippen LogP contribution in [0, 0.1) is 0 Å². The first-order valence-electron chi connectivity index (χ1n) is 10.6. The van der Waals surface area contributed by atoms with Crippen molar-refractivity contribution >= 4 is 32.6 Å². The third-order valence-corrected chi connectivity index (χ3v) is 6.38. The van der Waals surface area contributed by atoms with E-state index in [0.29, 0.717) is 53.2 Å². The minimum Gasteiger partial charge on any atom is -0.494 e. The van der Waals surface area contributed by atoms with Crippen LogP contribution in [-0.2, 0) is 6.54 Å². The Hall–Kier alpha value is -3.79. The van der Waals surface area contributed by atoms with E-state index in [4.69, 9.17) is 23.9 Å². The predicted octanol–water partition coefficient (Wildman–Crippen LogP) is 4.26. The van der Waals surface area contributed by atoms with Crippen molar-refractivity contribution in [1.29, 1.82) is 0 Å². The van der Waals surface area contributed by atoms with E-state index in [9.17, 15) is 4.79 Å². The van der Waals surface area contributed by atoms with Crippen molar-refractivity contribution in [3.05, 3.63) is 54.6 Å². The van der Waals surface area contributed by atoms with Crippen molar-refractivity contribution < 1.29 is 23.7 Å². The first kappa shape index (κ1) is 23.4. The van der Waals surface area contributed by atoms with E-state index in [0.717, 1.165) is 10.2 Å². The lowest BCUT2D eigenvalue weighted by molar-refractivity contribution is 0.0985. The Bertz CT molecular complexity index is 1250. The van der Waals surface area contributed by atoms with Gasteiger partial charge in [0.05, 0.1) is 39.5 Å². The Morgan fingerprint density at radius 1 is 1.03 bits per heavy atom. The summed E-state index contributed by atoms with van der Waals surface area (Å²) in [4.78, 5) is 24.3. The molecule has 0 radical (unpaired) electrons. The Labute approximate surface area is 201 Å². The first-order valence-corrected chi connectivity index (χ1v) is 11.4. The van der Waals surface area contributed by atoms with Gasteiger partial charge in [0, 0.05) is 31.0 Å². The third-order valence-electron chi connectivity index (χ3n) is 5.34. The number of anilines is 1. The molecule has 9 nitrogen and oxygen atoms in total. The van der Waals surface area contributed by atoms with Gasteiger partial charge in [-0.25, -0.2) is 9.97 Å². The molecule has 2 heterocycles. The summed E-state index contributed by atoms with van der Waals surface area (Å²) < 4.78 is 24.7. The molecule has 0 saturated carbocycles. The largest absolute Gasteiger partial charge is 0.494 e. The second-order valence-corrected chi connectivity index (χ2v) is 8.34. The molecule has 10 heteroatoms. The van der Waals surface area contributed by atoms with E-state index < -0.39 is 0 Å². The number of para-hydroxylation sites is 1. The van der Waals surface area contributed by atoms with Gasteiger partial charge in [0.15, 0.2) is 16.6 Å². The van der Waals surface area contributed by atoms with E-state index in [1.807, 2.05) is 29.0 Å². The minimum atomic E-state index is -0.220. The summed E-state index contributed by atoms with van der Waals surface area (Å²) in [5.74, 6) is 1.70. The van der Waals surface area contributed by atoms with E-state index in [1.165, 1.54) is 32.7 Å². The lowest BCUT2D eigenvalue weighted by Crippen LogP contribution is -2.32. The number of rotatable bonds is 10. The van der Waals surface area contributed by atoms with Crippen LogP contribution in [0.1, 0.15) is 16.8 Å². The monoisotopic (exact) mass is 482 g/mol. The molecule has 34 heavy (non-hydrogen) atoms. The van der Waals surface area contributed by atoms with Crippen LogP contribution in [-0.4, -0.2) is 55.4 Å². The number of hydrogen-bond donors (Lipinski definition) is 0. The summed E-state index contributed by atoms with van der Waals surface area (Å²) in [6, 6.07) is 9.04.